The number of rotatable bonds is 4. The van der Waals surface area contributed by atoms with Gasteiger partial charge in [-0.05, 0) is 26.0 Å². The number of nitrogens with zero attached hydrogens (tertiary/aromatic N) is 5. The molecule has 1 aliphatic rings. The molecule has 2 aromatic rings. The van der Waals surface area contributed by atoms with Gasteiger partial charge in [-0.3, -0.25) is 14.9 Å². The number of carbonyl (C=O) groups excluding carboxylic acids is 1. The number of hydrogen-bond acceptors (Lipinski definition) is 6. The Kier molecular flexibility index (Phi) is 4.11. The fourth-order valence-electron chi connectivity index (χ4n) is 2.60. The molecule has 0 unspecified atom stereocenters. The summed E-state index contributed by atoms with van der Waals surface area (Å²) < 4.78 is 0. The van der Waals surface area contributed by atoms with Crippen molar-refractivity contribution in [3.63, 3.8) is 0 Å². The van der Waals surface area contributed by atoms with E-state index < -0.39 is 4.92 Å². The molecule has 0 saturated carbocycles. The summed E-state index contributed by atoms with van der Waals surface area (Å²) in [5, 5.41) is 10.8. The average molecular weight is 327 g/mol. The van der Waals surface area contributed by atoms with Gasteiger partial charge in [0.2, 0.25) is 5.91 Å². The zero-order valence-electron chi connectivity index (χ0n) is 13.5. The molecule has 8 heteroatoms. The van der Waals surface area contributed by atoms with Crippen molar-refractivity contribution in [1.29, 1.82) is 0 Å². The Balaban J connectivity index is 1.92. The summed E-state index contributed by atoms with van der Waals surface area (Å²) in [6.07, 6.45) is 0. The highest BCUT2D eigenvalue weighted by Crippen LogP contribution is 2.24. The van der Waals surface area contributed by atoms with E-state index in [1.807, 2.05) is 24.8 Å². The molecule has 1 amide bonds. The number of nitro benzene ring substituents is 1. The van der Waals surface area contributed by atoms with Crippen molar-refractivity contribution in [2.24, 2.45) is 0 Å². The molecule has 0 aliphatic carbocycles. The lowest BCUT2D eigenvalue weighted by Gasteiger charge is -2.18. The number of aromatic nitrogens is 2. The molecule has 2 heterocycles. The summed E-state index contributed by atoms with van der Waals surface area (Å²) in [4.78, 5) is 34.8. The Bertz CT molecular complexity index is 791. The maximum Gasteiger partial charge on any atom is 0.269 e. The lowest BCUT2D eigenvalue weighted by molar-refractivity contribution is -0.384. The van der Waals surface area contributed by atoms with E-state index in [0.29, 0.717) is 37.0 Å². The van der Waals surface area contributed by atoms with Gasteiger partial charge in [0.15, 0.2) is 5.82 Å². The number of carbonyl (C=O) groups is 1. The second-order valence-electron chi connectivity index (χ2n) is 5.58. The van der Waals surface area contributed by atoms with E-state index >= 15 is 0 Å². The second-order valence-corrected chi connectivity index (χ2v) is 5.58. The molecule has 0 radical (unpaired) electrons. The second kappa shape index (κ2) is 6.23. The van der Waals surface area contributed by atoms with Crippen LogP contribution in [0.2, 0.25) is 0 Å². The van der Waals surface area contributed by atoms with E-state index in [0.717, 1.165) is 5.69 Å². The first kappa shape index (κ1) is 15.9. The predicted octanol–water partition coefficient (Wildman–Crippen LogP) is 1.99. The highest BCUT2D eigenvalue weighted by Gasteiger charge is 2.27. The maximum atomic E-state index is 11.9. The molecule has 0 N–H and O–H groups in total. The Morgan fingerprint density at radius 1 is 1.25 bits per heavy atom. The van der Waals surface area contributed by atoms with Crippen molar-refractivity contribution < 1.29 is 9.72 Å². The van der Waals surface area contributed by atoms with E-state index in [-0.39, 0.29) is 11.6 Å². The number of amides is 1. The first-order valence-corrected chi connectivity index (χ1v) is 7.61. The number of nitro groups is 1. The van der Waals surface area contributed by atoms with Gasteiger partial charge in [-0.15, -0.1) is 0 Å². The van der Waals surface area contributed by atoms with E-state index in [4.69, 9.17) is 0 Å². The van der Waals surface area contributed by atoms with E-state index in [1.54, 1.807) is 17.0 Å². The van der Waals surface area contributed by atoms with Crippen LogP contribution in [-0.2, 0) is 4.79 Å². The zero-order chi connectivity index (χ0) is 17.3. The first-order chi connectivity index (χ1) is 11.5. The molecule has 1 fully saturated rings. The highest BCUT2D eigenvalue weighted by atomic mass is 16.6. The minimum atomic E-state index is -0.443. The van der Waals surface area contributed by atoms with Crippen LogP contribution in [0.1, 0.15) is 12.6 Å². The molecule has 3 rings (SSSR count). The summed E-state index contributed by atoms with van der Waals surface area (Å²) in [5.41, 5.74) is 1.49. The molecule has 8 nitrogen and oxygen atoms in total. The van der Waals surface area contributed by atoms with Crippen molar-refractivity contribution in [1.82, 2.24) is 14.9 Å². The average Bonchev–Trinajstić information content (AvgIpc) is 2.95. The standard InChI is InChI=1S/C16H17N5O3/c1-3-19-10-20(9-15(19)22)14-8-11(2)17-16(18-14)12-4-6-13(7-5-12)21(23)24/h4-8H,3,9-10H2,1-2H3. The highest BCUT2D eigenvalue weighted by molar-refractivity contribution is 5.84. The number of non-ortho nitro benzene ring substituents is 1. The van der Waals surface area contributed by atoms with Crippen molar-refractivity contribution >= 4 is 17.4 Å². The third-order valence-corrected chi connectivity index (χ3v) is 3.90. The van der Waals surface area contributed by atoms with Gasteiger partial charge in [0, 0.05) is 36.0 Å². The van der Waals surface area contributed by atoms with E-state index in [2.05, 4.69) is 9.97 Å². The van der Waals surface area contributed by atoms with Gasteiger partial charge in [-0.25, -0.2) is 9.97 Å². The van der Waals surface area contributed by atoms with Gasteiger partial charge >= 0.3 is 0 Å². The Hall–Kier alpha value is -3.03. The Morgan fingerprint density at radius 2 is 1.96 bits per heavy atom. The molecule has 1 aliphatic heterocycles. The summed E-state index contributed by atoms with van der Waals surface area (Å²) in [6.45, 7) is 5.26. The predicted molar refractivity (Wildman–Crippen MR) is 88.5 cm³/mol. The monoisotopic (exact) mass is 327 g/mol. The van der Waals surface area contributed by atoms with Crippen LogP contribution in [0.3, 0.4) is 0 Å². The van der Waals surface area contributed by atoms with Crippen LogP contribution in [-0.4, -0.2) is 45.5 Å². The van der Waals surface area contributed by atoms with E-state index in [1.165, 1.54) is 12.1 Å². The van der Waals surface area contributed by atoms with Crippen LogP contribution in [0.25, 0.3) is 11.4 Å². The first-order valence-electron chi connectivity index (χ1n) is 7.61. The number of likely N-dealkylation sites (N-methyl/N-ethyl adjacent to an activating group) is 1. The van der Waals surface area contributed by atoms with Crippen LogP contribution >= 0.6 is 0 Å². The summed E-state index contributed by atoms with van der Waals surface area (Å²) in [7, 11) is 0. The zero-order valence-corrected chi connectivity index (χ0v) is 13.5. The summed E-state index contributed by atoms with van der Waals surface area (Å²) in [6, 6.07) is 7.95. The maximum absolute atomic E-state index is 11.9. The normalized spacial score (nSPS) is 14.3. The Labute approximate surface area is 138 Å². The molecular weight excluding hydrogens is 310 g/mol. The van der Waals surface area contributed by atoms with Gasteiger partial charge in [0.25, 0.3) is 5.69 Å². The third kappa shape index (κ3) is 3.03. The number of hydrogen-bond donors (Lipinski definition) is 0. The lowest BCUT2D eigenvalue weighted by Crippen LogP contribution is -2.27. The molecule has 1 aromatic carbocycles. The molecular formula is C16H17N5O3. The SMILES string of the molecule is CCN1CN(c2cc(C)nc(-c3ccc([N+](=O)[O-])cc3)n2)CC1=O. The van der Waals surface area contributed by atoms with Gasteiger partial charge < -0.3 is 9.80 Å². The fraction of sp³-hybridized carbons (Fsp3) is 0.312. The minimum Gasteiger partial charge on any atom is -0.329 e. The lowest BCUT2D eigenvalue weighted by atomic mass is 10.2. The quantitative estimate of drug-likeness (QED) is 0.630. The molecule has 24 heavy (non-hydrogen) atoms. The molecule has 1 saturated heterocycles. The Morgan fingerprint density at radius 3 is 2.54 bits per heavy atom. The number of anilines is 1. The van der Waals surface area contributed by atoms with Crippen LogP contribution < -0.4 is 4.90 Å². The van der Waals surface area contributed by atoms with Crippen LogP contribution in [0, 0.1) is 17.0 Å². The van der Waals surface area contributed by atoms with Gasteiger partial charge in [-0.2, -0.15) is 0 Å². The van der Waals surface area contributed by atoms with Crippen LogP contribution in [0.15, 0.2) is 30.3 Å². The number of aryl methyl sites for hydroxylation is 1. The molecule has 0 spiro atoms. The van der Waals surface area contributed by atoms with Crippen molar-refractivity contribution in [3.8, 4) is 11.4 Å². The molecule has 124 valence electrons. The summed E-state index contributed by atoms with van der Waals surface area (Å²) in [5.74, 6) is 1.24. The van der Waals surface area contributed by atoms with Gasteiger partial charge in [0.05, 0.1) is 11.6 Å². The van der Waals surface area contributed by atoms with E-state index in [9.17, 15) is 14.9 Å². The summed E-state index contributed by atoms with van der Waals surface area (Å²) >= 11 is 0. The smallest absolute Gasteiger partial charge is 0.269 e. The van der Waals surface area contributed by atoms with Gasteiger partial charge in [0.1, 0.15) is 12.4 Å². The van der Waals surface area contributed by atoms with Crippen LogP contribution in [0.4, 0.5) is 11.5 Å². The van der Waals surface area contributed by atoms with Crippen molar-refractivity contribution in [3.05, 3.63) is 46.1 Å². The number of benzene rings is 1. The fourth-order valence-corrected chi connectivity index (χ4v) is 2.60. The largest absolute Gasteiger partial charge is 0.329 e. The molecule has 0 atom stereocenters. The minimum absolute atomic E-state index is 0.0235. The van der Waals surface area contributed by atoms with Crippen molar-refractivity contribution in [2.75, 3.05) is 24.7 Å². The van der Waals surface area contributed by atoms with Gasteiger partial charge in [-0.1, -0.05) is 0 Å². The van der Waals surface area contributed by atoms with Crippen molar-refractivity contribution in [2.45, 2.75) is 13.8 Å². The molecule has 0 bridgehead atoms. The third-order valence-electron chi connectivity index (χ3n) is 3.90. The molecule has 1 aromatic heterocycles. The van der Waals surface area contributed by atoms with Crippen LogP contribution in [0.5, 0.6) is 0 Å². The topological polar surface area (TPSA) is 92.5 Å².